The van der Waals surface area contributed by atoms with E-state index in [4.69, 9.17) is 19.3 Å². The van der Waals surface area contributed by atoms with E-state index >= 15 is 0 Å². The van der Waals surface area contributed by atoms with Crippen molar-refractivity contribution in [3.8, 4) is 17.2 Å². The smallest absolute Gasteiger partial charge is 0.340 e. The molecular weight excluding hydrogens is 240 g/mol. The van der Waals surface area contributed by atoms with Crippen LogP contribution < -0.4 is 14.2 Å². The number of ether oxygens (including phenoxy) is 3. The summed E-state index contributed by atoms with van der Waals surface area (Å²) in [6.45, 7) is 1.15. The Hall–Kier alpha value is -1.95. The predicted octanol–water partition coefficient (Wildman–Crippen LogP) is 1.00. The van der Waals surface area contributed by atoms with Gasteiger partial charge in [0.15, 0.2) is 5.60 Å². The summed E-state index contributed by atoms with van der Waals surface area (Å²) in [5.74, 6) is -0.602. The molecule has 18 heavy (non-hydrogen) atoms. The summed E-state index contributed by atoms with van der Waals surface area (Å²) in [5.41, 5.74) is -2.08. The lowest BCUT2D eigenvalue weighted by molar-refractivity contribution is -0.157. The zero-order valence-corrected chi connectivity index (χ0v) is 10.7. The third-order valence-corrected chi connectivity index (χ3v) is 2.62. The van der Waals surface area contributed by atoms with Crippen molar-refractivity contribution in [3.63, 3.8) is 0 Å². The van der Waals surface area contributed by atoms with Gasteiger partial charge in [0.05, 0.1) is 26.9 Å². The average Bonchev–Trinajstić information content (AvgIpc) is 2.36. The number of hydrogen-bond acceptors (Lipinski definition) is 5. The van der Waals surface area contributed by atoms with Crippen LogP contribution in [-0.4, -0.2) is 37.5 Å². The predicted molar refractivity (Wildman–Crippen MR) is 63.3 cm³/mol. The molecule has 0 radical (unpaired) electrons. The van der Waals surface area contributed by atoms with E-state index in [1.807, 2.05) is 0 Å². The van der Waals surface area contributed by atoms with Gasteiger partial charge in [-0.15, -0.1) is 0 Å². The molecule has 1 aromatic carbocycles. The molecule has 0 heterocycles. The summed E-state index contributed by atoms with van der Waals surface area (Å²) >= 11 is 0. The van der Waals surface area contributed by atoms with Gasteiger partial charge >= 0.3 is 5.97 Å². The lowest BCUT2D eigenvalue weighted by Crippen LogP contribution is -2.32. The van der Waals surface area contributed by atoms with E-state index < -0.39 is 11.6 Å². The maximum absolute atomic E-state index is 11.1. The van der Waals surface area contributed by atoms with Crippen LogP contribution in [0.4, 0.5) is 0 Å². The minimum absolute atomic E-state index is 0.0424. The molecule has 0 aliphatic heterocycles. The molecule has 0 fully saturated rings. The van der Waals surface area contributed by atoms with Crippen molar-refractivity contribution < 1.29 is 29.2 Å². The second kappa shape index (κ2) is 5.14. The van der Waals surface area contributed by atoms with Gasteiger partial charge in [0, 0.05) is 12.1 Å². The third kappa shape index (κ3) is 2.33. The fourth-order valence-corrected chi connectivity index (χ4v) is 1.59. The zero-order chi connectivity index (χ0) is 13.9. The Morgan fingerprint density at radius 2 is 1.56 bits per heavy atom. The number of carbonyl (C=O) groups is 1. The molecule has 2 N–H and O–H groups in total. The second-order valence-electron chi connectivity index (χ2n) is 3.78. The van der Waals surface area contributed by atoms with E-state index in [1.54, 1.807) is 0 Å². The van der Waals surface area contributed by atoms with Gasteiger partial charge in [-0.25, -0.2) is 4.79 Å². The standard InChI is InChI=1S/C12H16O6/c1-12(15,11(13)14)10-8(17-3)5-7(16-2)6-9(10)18-4/h5-6,15H,1-4H3,(H,13,14). The molecule has 0 spiro atoms. The highest BCUT2D eigenvalue weighted by atomic mass is 16.5. The summed E-state index contributed by atoms with van der Waals surface area (Å²) < 4.78 is 15.2. The van der Waals surface area contributed by atoms with Gasteiger partial charge in [-0.3, -0.25) is 0 Å². The number of methoxy groups -OCH3 is 3. The molecule has 6 heteroatoms. The van der Waals surface area contributed by atoms with Crippen LogP contribution in [0.1, 0.15) is 12.5 Å². The summed E-state index contributed by atoms with van der Waals surface area (Å²) in [4.78, 5) is 11.1. The van der Waals surface area contributed by atoms with E-state index in [2.05, 4.69) is 0 Å². The molecule has 1 atom stereocenters. The number of rotatable bonds is 5. The molecule has 1 aromatic rings. The van der Waals surface area contributed by atoms with Gasteiger partial charge in [-0.1, -0.05) is 0 Å². The monoisotopic (exact) mass is 256 g/mol. The Labute approximate surface area is 105 Å². The van der Waals surface area contributed by atoms with Crippen LogP contribution in [0.2, 0.25) is 0 Å². The second-order valence-corrected chi connectivity index (χ2v) is 3.78. The number of aliphatic hydroxyl groups is 1. The van der Waals surface area contributed by atoms with E-state index in [1.165, 1.54) is 33.5 Å². The average molecular weight is 256 g/mol. The number of benzene rings is 1. The molecule has 100 valence electrons. The molecule has 1 unspecified atom stereocenters. The minimum atomic E-state index is -2.12. The van der Waals surface area contributed by atoms with Gasteiger partial charge in [-0.2, -0.15) is 0 Å². The van der Waals surface area contributed by atoms with Crippen molar-refractivity contribution in [1.29, 1.82) is 0 Å². The first-order valence-electron chi connectivity index (χ1n) is 5.14. The van der Waals surface area contributed by atoms with Gasteiger partial charge < -0.3 is 24.4 Å². The quantitative estimate of drug-likeness (QED) is 0.817. The van der Waals surface area contributed by atoms with E-state index in [-0.39, 0.29) is 17.1 Å². The van der Waals surface area contributed by atoms with Crippen LogP contribution in [0.5, 0.6) is 17.2 Å². The first-order chi connectivity index (χ1) is 8.38. The summed E-state index contributed by atoms with van der Waals surface area (Å²) in [5, 5.41) is 19.1. The van der Waals surface area contributed by atoms with E-state index in [0.717, 1.165) is 6.92 Å². The van der Waals surface area contributed by atoms with Gasteiger partial charge in [0.1, 0.15) is 17.2 Å². The Morgan fingerprint density at radius 1 is 1.11 bits per heavy atom. The molecule has 0 aliphatic rings. The van der Waals surface area contributed by atoms with E-state index in [9.17, 15) is 9.90 Å². The van der Waals surface area contributed by atoms with Crippen molar-refractivity contribution >= 4 is 5.97 Å². The fourth-order valence-electron chi connectivity index (χ4n) is 1.59. The van der Waals surface area contributed by atoms with Crippen molar-refractivity contribution in [2.75, 3.05) is 21.3 Å². The van der Waals surface area contributed by atoms with Crippen LogP contribution in [0.3, 0.4) is 0 Å². The summed E-state index contributed by atoms with van der Waals surface area (Å²) in [6, 6.07) is 2.96. The zero-order valence-electron chi connectivity index (χ0n) is 10.7. The molecule has 0 amide bonds. The highest BCUT2D eigenvalue weighted by molar-refractivity contribution is 5.81. The Kier molecular flexibility index (Phi) is 4.03. The van der Waals surface area contributed by atoms with Crippen molar-refractivity contribution in [2.45, 2.75) is 12.5 Å². The lowest BCUT2D eigenvalue weighted by atomic mass is 9.94. The van der Waals surface area contributed by atoms with Crippen LogP contribution >= 0.6 is 0 Å². The van der Waals surface area contributed by atoms with Crippen LogP contribution in [0.25, 0.3) is 0 Å². The topological polar surface area (TPSA) is 85.2 Å². The number of aliphatic carboxylic acids is 1. The Bertz CT molecular complexity index is 427. The maximum Gasteiger partial charge on any atom is 0.340 e. The third-order valence-electron chi connectivity index (χ3n) is 2.62. The first kappa shape index (κ1) is 14.1. The lowest BCUT2D eigenvalue weighted by Gasteiger charge is -2.24. The molecule has 1 rings (SSSR count). The molecule has 6 nitrogen and oxygen atoms in total. The molecule has 0 bridgehead atoms. The largest absolute Gasteiger partial charge is 0.496 e. The molecule has 0 saturated carbocycles. The first-order valence-corrected chi connectivity index (χ1v) is 5.14. The SMILES string of the molecule is COc1cc(OC)c(C(C)(O)C(=O)O)c(OC)c1. The Morgan fingerprint density at radius 3 is 1.83 bits per heavy atom. The summed E-state index contributed by atoms with van der Waals surface area (Å²) in [6.07, 6.45) is 0. The van der Waals surface area contributed by atoms with Crippen molar-refractivity contribution in [1.82, 2.24) is 0 Å². The summed E-state index contributed by atoms with van der Waals surface area (Å²) in [7, 11) is 4.20. The van der Waals surface area contributed by atoms with Crippen LogP contribution in [0.15, 0.2) is 12.1 Å². The normalized spacial score (nSPS) is 13.6. The van der Waals surface area contributed by atoms with Crippen LogP contribution in [0, 0.1) is 0 Å². The molecule has 0 aliphatic carbocycles. The van der Waals surface area contributed by atoms with Crippen LogP contribution in [-0.2, 0) is 10.4 Å². The maximum atomic E-state index is 11.1. The van der Waals surface area contributed by atoms with Crippen molar-refractivity contribution in [3.05, 3.63) is 17.7 Å². The molecule has 0 aromatic heterocycles. The van der Waals surface area contributed by atoms with Crippen molar-refractivity contribution in [2.24, 2.45) is 0 Å². The van der Waals surface area contributed by atoms with E-state index in [0.29, 0.717) is 5.75 Å². The highest BCUT2D eigenvalue weighted by Crippen LogP contribution is 2.41. The number of hydrogen-bond donors (Lipinski definition) is 2. The fraction of sp³-hybridized carbons (Fsp3) is 0.417. The Balaban J connectivity index is 3.54. The molecular formula is C12H16O6. The highest BCUT2D eigenvalue weighted by Gasteiger charge is 2.38. The minimum Gasteiger partial charge on any atom is -0.496 e. The number of carboxylic acids is 1. The molecule has 0 saturated heterocycles. The van der Waals surface area contributed by atoms with Gasteiger partial charge in [0.2, 0.25) is 0 Å². The van der Waals surface area contributed by atoms with Gasteiger partial charge in [-0.05, 0) is 6.92 Å². The number of carboxylic acid groups (broad SMARTS) is 1. The van der Waals surface area contributed by atoms with Gasteiger partial charge in [0.25, 0.3) is 0 Å².